The fourth-order valence-electron chi connectivity index (χ4n) is 2.13. The number of nitrogens with one attached hydrogen (secondary N) is 2. The number of hydrazine groups is 1. The van der Waals surface area contributed by atoms with Crippen LogP contribution in [0.1, 0.15) is 5.56 Å². The van der Waals surface area contributed by atoms with Crippen LogP contribution >= 0.6 is 12.2 Å². The molecular weight excluding hydrogens is 330 g/mol. The lowest BCUT2D eigenvalue weighted by Gasteiger charge is -2.27. The van der Waals surface area contributed by atoms with Crippen LogP contribution in [0.15, 0.2) is 24.3 Å². The number of benzene rings is 1. The van der Waals surface area contributed by atoms with E-state index in [2.05, 4.69) is 10.7 Å². The second kappa shape index (κ2) is 9.21. The molecular formula is C16H21N3O4S. The summed E-state index contributed by atoms with van der Waals surface area (Å²) in [5, 5.41) is 4.77. The van der Waals surface area contributed by atoms with Crippen LogP contribution in [0.2, 0.25) is 0 Å². The van der Waals surface area contributed by atoms with Gasteiger partial charge in [-0.2, -0.15) is 0 Å². The van der Waals surface area contributed by atoms with E-state index in [1.54, 1.807) is 32.4 Å². The van der Waals surface area contributed by atoms with Crippen LogP contribution in [0.25, 0.3) is 6.08 Å². The van der Waals surface area contributed by atoms with Crippen molar-refractivity contribution in [1.29, 1.82) is 0 Å². The first-order chi connectivity index (χ1) is 11.6. The Morgan fingerprint density at radius 2 is 1.96 bits per heavy atom. The molecule has 2 N–H and O–H groups in total. The van der Waals surface area contributed by atoms with Crippen molar-refractivity contribution in [3.05, 3.63) is 29.8 Å². The van der Waals surface area contributed by atoms with Gasteiger partial charge in [-0.25, -0.2) is 5.01 Å². The first kappa shape index (κ1) is 18.2. The Bertz CT molecular complexity index is 615. The number of rotatable bonds is 5. The van der Waals surface area contributed by atoms with Crippen molar-refractivity contribution in [2.45, 2.75) is 0 Å². The maximum absolute atomic E-state index is 11.9. The minimum Gasteiger partial charge on any atom is -0.493 e. The Morgan fingerprint density at radius 1 is 1.25 bits per heavy atom. The average Bonchev–Trinajstić information content (AvgIpc) is 2.60. The highest BCUT2D eigenvalue weighted by atomic mass is 32.1. The predicted octanol–water partition coefficient (Wildman–Crippen LogP) is 0.955. The van der Waals surface area contributed by atoms with E-state index in [1.807, 2.05) is 11.1 Å². The Kier molecular flexibility index (Phi) is 6.98. The molecule has 0 saturated carbocycles. The molecule has 0 radical (unpaired) electrons. The molecule has 1 aromatic carbocycles. The van der Waals surface area contributed by atoms with Gasteiger partial charge in [0.15, 0.2) is 16.6 Å². The van der Waals surface area contributed by atoms with Crippen LogP contribution in [-0.2, 0) is 9.53 Å². The summed E-state index contributed by atoms with van der Waals surface area (Å²) in [5.74, 6) is 0.926. The van der Waals surface area contributed by atoms with E-state index in [-0.39, 0.29) is 11.0 Å². The number of carbonyl (C=O) groups excluding carboxylic acids is 1. The van der Waals surface area contributed by atoms with Gasteiger partial charge in [0.05, 0.1) is 27.4 Å². The summed E-state index contributed by atoms with van der Waals surface area (Å²) in [5.41, 5.74) is 3.78. The molecule has 0 atom stereocenters. The smallest absolute Gasteiger partial charge is 0.250 e. The minimum atomic E-state index is -0.310. The third-order valence-electron chi connectivity index (χ3n) is 3.34. The first-order valence-corrected chi connectivity index (χ1v) is 7.87. The molecule has 1 aliphatic rings. The van der Waals surface area contributed by atoms with Gasteiger partial charge < -0.3 is 14.2 Å². The van der Waals surface area contributed by atoms with Crippen molar-refractivity contribution in [1.82, 2.24) is 15.8 Å². The molecule has 1 aliphatic heterocycles. The molecule has 1 fully saturated rings. The molecule has 0 bridgehead atoms. The van der Waals surface area contributed by atoms with E-state index < -0.39 is 0 Å². The Hall–Kier alpha value is -2.16. The zero-order valence-electron chi connectivity index (χ0n) is 13.7. The minimum absolute atomic E-state index is 0.263. The summed E-state index contributed by atoms with van der Waals surface area (Å²) in [7, 11) is 3.14. The number of nitrogens with zero attached hydrogens (tertiary/aromatic N) is 1. The molecule has 0 aliphatic carbocycles. The van der Waals surface area contributed by atoms with Crippen molar-refractivity contribution < 1.29 is 19.0 Å². The molecule has 130 valence electrons. The summed E-state index contributed by atoms with van der Waals surface area (Å²) in [6.45, 7) is 2.72. The fraction of sp³-hybridized carbons (Fsp3) is 0.375. The number of hydrogen-bond donors (Lipinski definition) is 2. The second-order valence-corrected chi connectivity index (χ2v) is 5.39. The first-order valence-electron chi connectivity index (χ1n) is 7.47. The highest BCUT2D eigenvalue weighted by molar-refractivity contribution is 7.80. The molecule has 0 spiro atoms. The zero-order valence-corrected chi connectivity index (χ0v) is 14.5. The predicted molar refractivity (Wildman–Crippen MR) is 94.8 cm³/mol. The number of morpholine rings is 1. The van der Waals surface area contributed by atoms with Crippen LogP contribution in [0.4, 0.5) is 0 Å². The third kappa shape index (κ3) is 5.48. The molecule has 2 rings (SSSR count). The largest absolute Gasteiger partial charge is 0.493 e. The van der Waals surface area contributed by atoms with Gasteiger partial charge in [-0.05, 0) is 36.0 Å². The standard InChI is InChI=1S/C16H21N3O4S/c1-21-13-5-3-12(11-14(13)22-2)4-6-15(20)17-16(24)18-19-7-9-23-10-8-19/h3-6,11H,7-10H2,1-2H3,(H2,17,18,20,24)/b6-4+. The van der Waals surface area contributed by atoms with Gasteiger partial charge in [0.1, 0.15) is 0 Å². The van der Waals surface area contributed by atoms with E-state index in [0.29, 0.717) is 24.7 Å². The number of hydrogen-bond acceptors (Lipinski definition) is 6. The lowest BCUT2D eigenvalue weighted by molar-refractivity contribution is -0.115. The van der Waals surface area contributed by atoms with Gasteiger partial charge >= 0.3 is 0 Å². The van der Waals surface area contributed by atoms with E-state index >= 15 is 0 Å². The van der Waals surface area contributed by atoms with Gasteiger partial charge in [-0.1, -0.05) is 6.07 Å². The second-order valence-electron chi connectivity index (χ2n) is 4.98. The van der Waals surface area contributed by atoms with Crippen LogP contribution in [0, 0.1) is 0 Å². The fourth-order valence-corrected chi connectivity index (χ4v) is 2.36. The summed E-state index contributed by atoms with van der Waals surface area (Å²) in [4.78, 5) is 11.9. The third-order valence-corrected chi connectivity index (χ3v) is 3.54. The van der Waals surface area contributed by atoms with E-state index in [0.717, 1.165) is 18.7 Å². The van der Waals surface area contributed by atoms with Gasteiger partial charge in [0.2, 0.25) is 5.91 Å². The normalized spacial score (nSPS) is 15.1. The molecule has 0 unspecified atom stereocenters. The maximum Gasteiger partial charge on any atom is 0.250 e. The van der Waals surface area contributed by atoms with E-state index in [9.17, 15) is 4.79 Å². The van der Waals surface area contributed by atoms with Crippen LogP contribution in [0.5, 0.6) is 11.5 Å². The van der Waals surface area contributed by atoms with Crippen molar-refractivity contribution in [3.8, 4) is 11.5 Å². The van der Waals surface area contributed by atoms with Crippen LogP contribution in [0.3, 0.4) is 0 Å². The summed E-state index contributed by atoms with van der Waals surface area (Å²) in [6, 6.07) is 5.39. The maximum atomic E-state index is 11.9. The van der Waals surface area contributed by atoms with E-state index in [4.69, 9.17) is 26.4 Å². The van der Waals surface area contributed by atoms with Crippen LogP contribution in [-0.4, -0.2) is 56.6 Å². The summed E-state index contributed by atoms with van der Waals surface area (Å²) in [6.07, 6.45) is 3.09. The zero-order chi connectivity index (χ0) is 17.4. The highest BCUT2D eigenvalue weighted by Crippen LogP contribution is 2.27. The van der Waals surface area contributed by atoms with Crippen LogP contribution < -0.4 is 20.2 Å². The Balaban J connectivity index is 1.86. The molecule has 1 aromatic rings. The van der Waals surface area contributed by atoms with Crippen molar-refractivity contribution >= 4 is 29.3 Å². The van der Waals surface area contributed by atoms with E-state index in [1.165, 1.54) is 6.08 Å². The molecule has 0 aromatic heterocycles. The Morgan fingerprint density at radius 3 is 2.62 bits per heavy atom. The van der Waals surface area contributed by atoms with Gasteiger partial charge in [0.25, 0.3) is 0 Å². The number of amides is 1. The number of thiocarbonyl (C=S) groups is 1. The molecule has 8 heteroatoms. The number of carbonyl (C=O) groups is 1. The molecule has 1 amide bonds. The van der Waals surface area contributed by atoms with Gasteiger partial charge in [-0.3, -0.25) is 15.5 Å². The lowest BCUT2D eigenvalue weighted by Crippen LogP contribution is -2.52. The molecule has 7 nitrogen and oxygen atoms in total. The SMILES string of the molecule is COc1ccc(/C=C/C(=O)NC(=S)NN2CCOCC2)cc1OC. The van der Waals surface area contributed by atoms with Crippen molar-refractivity contribution in [2.24, 2.45) is 0 Å². The average molecular weight is 351 g/mol. The lowest BCUT2D eigenvalue weighted by atomic mass is 10.2. The number of methoxy groups -OCH3 is 2. The van der Waals surface area contributed by atoms with Crippen molar-refractivity contribution in [3.63, 3.8) is 0 Å². The number of ether oxygens (including phenoxy) is 3. The monoisotopic (exact) mass is 351 g/mol. The molecule has 1 saturated heterocycles. The topological polar surface area (TPSA) is 72.1 Å². The highest BCUT2D eigenvalue weighted by Gasteiger charge is 2.11. The summed E-state index contributed by atoms with van der Waals surface area (Å²) >= 11 is 5.12. The molecule has 24 heavy (non-hydrogen) atoms. The Labute approximate surface area is 146 Å². The molecule has 1 heterocycles. The van der Waals surface area contributed by atoms with Gasteiger partial charge in [0, 0.05) is 19.2 Å². The van der Waals surface area contributed by atoms with Crippen molar-refractivity contribution in [2.75, 3.05) is 40.5 Å². The van der Waals surface area contributed by atoms with Gasteiger partial charge in [-0.15, -0.1) is 0 Å². The summed E-state index contributed by atoms with van der Waals surface area (Å²) < 4.78 is 15.6. The quantitative estimate of drug-likeness (QED) is 0.605.